The number of fused-ring (bicyclic) bond motifs is 1. The highest BCUT2D eigenvalue weighted by Gasteiger charge is 2.52. The predicted octanol–water partition coefficient (Wildman–Crippen LogP) is -0.187. The number of aromatic amines is 1. The molecule has 7 nitrogen and oxygen atoms in total. The summed E-state index contributed by atoms with van der Waals surface area (Å²) in [4.78, 5) is 32.7. The first-order valence-electron chi connectivity index (χ1n) is 6.97. The van der Waals surface area contributed by atoms with Crippen LogP contribution < -0.4 is 5.56 Å². The summed E-state index contributed by atoms with van der Waals surface area (Å²) in [5.74, 6) is 0.492. The lowest BCUT2D eigenvalue weighted by Crippen LogP contribution is -2.38. The van der Waals surface area contributed by atoms with Crippen molar-refractivity contribution in [2.24, 2.45) is 11.3 Å². The van der Waals surface area contributed by atoms with Crippen LogP contribution in [-0.2, 0) is 9.47 Å². The van der Waals surface area contributed by atoms with Crippen molar-refractivity contribution in [3.63, 3.8) is 0 Å². The maximum Gasteiger partial charge on any atom is 0.263 e. The van der Waals surface area contributed by atoms with Gasteiger partial charge in [-0.15, -0.1) is 0 Å². The fraction of sp³-hybridized carbons (Fsp3) is 0.643. The highest BCUT2D eigenvalue weighted by Crippen LogP contribution is 2.41. The Morgan fingerprint density at radius 2 is 2.48 bits per heavy atom. The van der Waals surface area contributed by atoms with Crippen LogP contribution in [0.1, 0.15) is 16.2 Å². The van der Waals surface area contributed by atoms with Gasteiger partial charge in [0.15, 0.2) is 0 Å². The Morgan fingerprint density at radius 3 is 3.19 bits per heavy atom. The fourth-order valence-corrected chi connectivity index (χ4v) is 3.28. The van der Waals surface area contributed by atoms with Crippen molar-refractivity contribution in [1.82, 2.24) is 14.9 Å². The van der Waals surface area contributed by atoms with Crippen LogP contribution in [0.2, 0.25) is 0 Å². The van der Waals surface area contributed by atoms with E-state index in [1.165, 1.54) is 6.20 Å². The number of hydrogen-bond acceptors (Lipinski definition) is 5. The summed E-state index contributed by atoms with van der Waals surface area (Å²) in [6.07, 6.45) is 1.35. The number of likely N-dealkylation sites (tertiary alicyclic amines) is 1. The third-order valence-electron chi connectivity index (χ3n) is 4.40. The maximum absolute atomic E-state index is 12.5. The van der Waals surface area contributed by atoms with Gasteiger partial charge in [-0.2, -0.15) is 0 Å². The molecule has 0 unspecified atom stereocenters. The molecule has 0 bridgehead atoms. The van der Waals surface area contributed by atoms with Crippen molar-refractivity contribution in [1.29, 1.82) is 0 Å². The number of nitrogens with one attached hydrogen (secondary N) is 1. The van der Waals surface area contributed by atoms with Gasteiger partial charge >= 0.3 is 0 Å². The number of ether oxygens (including phenoxy) is 2. The molecule has 1 aromatic heterocycles. The lowest BCUT2D eigenvalue weighted by atomic mass is 9.82. The van der Waals surface area contributed by atoms with Crippen LogP contribution in [-0.4, -0.2) is 60.8 Å². The molecule has 3 rings (SSSR count). The quantitative estimate of drug-likeness (QED) is 0.835. The number of methoxy groups -OCH3 is 1. The summed E-state index contributed by atoms with van der Waals surface area (Å²) in [6.45, 7) is 4.62. The topological polar surface area (TPSA) is 84.5 Å². The average molecular weight is 293 g/mol. The standard InChI is InChI=1S/C14H19N3O4/c1-9-15-3-11(12(18)16-9)13(19)17-4-10-5-21-8-14(10,6-17)7-20-2/h3,10H,4-8H2,1-2H3,(H,15,16,18)/t10-,14-/m0/s1. The number of amides is 1. The van der Waals surface area contributed by atoms with E-state index in [4.69, 9.17) is 9.47 Å². The number of carbonyl (C=O) groups is 1. The first-order valence-corrected chi connectivity index (χ1v) is 6.97. The Labute approximate surface area is 122 Å². The Bertz CT molecular complexity index is 614. The van der Waals surface area contributed by atoms with Crippen molar-refractivity contribution in [3.8, 4) is 0 Å². The minimum absolute atomic E-state index is 0.0917. The number of rotatable bonds is 3. The van der Waals surface area contributed by atoms with Crippen molar-refractivity contribution >= 4 is 5.91 Å². The summed E-state index contributed by atoms with van der Waals surface area (Å²) >= 11 is 0. The lowest BCUT2D eigenvalue weighted by Gasteiger charge is -2.25. The van der Waals surface area contributed by atoms with Gasteiger partial charge in [0.1, 0.15) is 11.4 Å². The molecule has 1 amide bonds. The molecular formula is C14H19N3O4. The molecule has 2 aliphatic rings. The normalized spacial score (nSPS) is 27.9. The second-order valence-corrected chi connectivity index (χ2v) is 5.90. The number of hydrogen-bond donors (Lipinski definition) is 1. The van der Waals surface area contributed by atoms with Crippen LogP contribution in [0, 0.1) is 18.3 Å². The summed E-state index contributed by atoms with van der Waals surface area (Å²) in [6, 6.07) is 0. The van der Waals surface area contributed by atoms with E-state index in [9.17, 15) is 9.59 Å². The van der Waals surface area contributed by atoms with E-state index in [1.807, 2.05) is 0 Å². The zero-order valence-corrected chi connectivity index (χ0v) is 12.2. The van der Waals surface area contributed by atoms with Gasteiger partial charge < -0.3 is 19.4 Å². The van der Waals surface area contributed by atoms with Crippen molar-refractivity contribution in [2.45, 2.75) is 6.92 Å². The van der Waals surface area contributed by atoms with Gasteiger partial charge in [-0.3, -0.25) is 9.59 Å². The lowest BCUT2D eigenvalue weighted by molar-refractivity contribution is 0.0488. The molecule has 0 saturated carbocycles. The summed E-state index contributed by atoms with van der Waals surface area (Å²) in [5.41, 5.74) is -0.439. The third-order valence-corrected chi connectivity index (χ3v) is 4.40. The van der Waals surface area contributed by atoms with Crippen LogP contribution in [0.25, 0.3) is 0 Å². The molecule has 0 spiro atoms. The van der Waals surface area contributed by atoms with Crippen LogP contribution in [0.15, 0.2) is 11.0 Å². The molecule has 2 atom stereocenters. The van der Waals surface area contributed by atoms with Crippen LogP contribution >= 0.6 is 0 Å². The van der Waals surface area contributed by atoms with E-state index < -0.39 is 0 Å². The first kappa shape index (κ1) is 14.2. The third kappa shape index (κ3) is 2.36. The summed E-state index contributed by atoms with van der Waals surface area (Å²) in [5, 5.41) is 0. The monoisotopic (exact) mass is 293 g/mol. The molecule has 0 aromatic carbocycles. The zero-order chi connectivity index (χ0) is 15.0. The molecular weight excluding hydrogens is 274 g/mol. The Kier molecular flexibility index (Phi) is 3.54. The SMILES string of the molecule is COC[C@@]12COC[C@@H]1CN(C(=O)c1cnc(C)[nH]c1=O)C2. The number of H-pyrrole nitrogens is 1. The fourth-order valence-electron chi connectivity index (χ4n) is 3.28. The molecule has 21 heavy (non-hydrogen) atoms. The second-order valence-electron chi connectivity index (χ2n) is 5.90. The van der Waals surface area contributed by atoms with E-state index in [0.717, 1.165) is 0 Å². The molecule has 0 radical (unpaired) electrons. The molecule has 7 heteroatoms. The number of nitrogens with zero attached hydrogens (tertiary/aromatic N) is 2. The Hall–Kier alpha value is -1.73. The van der Waals surface area contributed by atoms with Gasteiger partial charge in [0.05, 0.1) is 19.8 Å². The summed E-state index contributed by atoms with van der Waals surface area (Å²) in [7, 11) is 1.66. The van der Waals surface area contributed by atoms with Gasteiger partial charge in [-0.1, -0.05) is 0 Å². The average Bonchev–Trinajstić information content (AvgIpc) is 2.95. The first-order chi connectivity index (χ1) is 10.1. The second kappa shape index (κ2) is 5.23. The smallest absolute Gasteiger partial charge is 0.263 e. The van der Waals surface area contributed by atoms with Crippen molar-refractivity contribution in [2.75, 3.05) is 40.0 Å². The van der Waals surface area contributed by atoms with Crippen LogP contribution in [0.3, 0.4) is 0 Å². The molecule has 0 aliphatic carbocycles. The van der Waals surface area contributed by atoms with Gasteiger partial charge in [0.25, 0.3) is 11.5 Å². The molecule has 2 saturated heterocycles. The van der Waals surface area contributed by atoms with Crippen LogP contribution in [0.5, 0.6) is 0 Å². The van der Waals surface area contributed by atoms with E-state index in [1.54, 1.807) is 18.9 Å². The number of aromatic nitrogens is 2. The number of aryl methyl sites for hydroxylation is 1. The van der Waals surface area contributed by atoms with E-state index in [2.05, 4.69) is 9.97 Å². The van der Waals surface area contributed by atoms with E-state index in [0.29, 0.717) is 38.7 Å². The zero-order valence-electron chi connectivity index (χ0n) is 12.2. The summed E-state index contributed by atoms with van der Waals surface area (Å²) < 4.78 is 10.8. The highest BCUT2D eigenvalue weighted by molar-refractivity contribution is 5.93. The highest BCUT2D eigenvalue weighted by atomic mass is 16.5. The minimum Gasteiger partial charge on any atom is -0.384 e. The maximum atomic E-state index is 12.5. The number of carbonyl (C=O) groups excluding carboxylic acids is 1. The molecule has 2 fully saturated rings. The molecule has 3 heterocycles. The molecule has 1 N–H and O–H groups in total. The minimum atomic E-state index is -0.387. The molecule has 1 aromatic rings. The van der Waals surface area contributed by atoms with Gasteiger partial charge in [0, 0.05) is 37.7 Å². The van der Waals surface area contributed by atoms with Gasteiger partial charge in [0.2, 0.25) is 0 Å². The molecule has 114 valence electrons. The Morgan fingerprint density at radius 1 is 1.67 bits per heavy atom. The Balaban J connectivity index is 1.82. The van der Waals surface area contributed by atoms with Crippen molar-refractivity contribution in [3.05, 3.63) is 27.9 Å². The van der Waals surface area contributed by atoms with E-state index >= 15 is 0 Å². The van der Waals surface area contributed by atoms with E-state index in [-0.39, 0.29) is 28.4 Å². The predicted molar refractivity (Wildman–Crippen MR) is 74.1 cm³/mol. The van der Waals surface area contributed by atoms with Crippen LogP contribution in [0.4, 0.5) is 0 Å². The van der Waals surface area contributed by atoms with Gasteiger partial charge in [-0.25, -0.2) is 4.98 Å². The van der Waals surface area contributed by atoms with Crippen molar-refractivity contribution < 1.29 is 14.3 Å². The van der Waals surface area contributed by atoms with Gasteiger partial charge in [-0.05, 0) is 6.92 Å². The largest absolute Gasteiger partial charge is 0.384 e. The molecule has 2 aliphatic heterocycles.